The lowest BCUT2D eigenvalue weighted by molar-refractivity contribution is 0.303. The number of ether oxygens (including phenoxy) is 2. The van der Waals surface area contributed by atoms with Crippen molar-refractivity contribution in [1.29, 1.82) is 0 Å². The van der Waals surface area contributed by atoms with Crippen LogP contribution in [-0.4, -0.2) is 52.8 Å². The first-order chi connectivity index (χ1) is 12.1. The summed E-state index contributed by atoms with van der Waals surface area (Å²) in [6.45, 7) is 0.750. The van der Waals surface area contributed by atoms with Gasteiger partial charge in [0.05, 0.1) is 20.3 Å². The number of guanidine groups is 1. The Kier molecular flexibility index (Phi) is 7.09. The molecule has 0 saturated carbocycles. The van der Waals surface area contributed by atoms with Gasteiger partial charge in [-0.1, -0.05) is 6.07 Å². The van der Waals surface area contributed by atoms with Crippen molar-refractivity contribution < 1.29 is 9.47 Å². The zero-order valence-electron chi connectivity index (χ0n) is 15.4. The topological polar surface area (TPSA) is 58.1 Å². The molecule has 1 aromatic carbocycles. The molecular weight excluding hydrogens is 336 g/mol. The number of benzene rings is 1. The molecule has 0 amide bonds. The van der Waals surface area contributed by atoms with Crippen molar-refractivity contribution >= 4 is 23.0 Å². The van der Waals surface area contributed by atoms with Crippen LogP contribution in [0.25, 0.3) is 0 Å². The Hall–Kier alpha value is -2.25. The van der Waals surface area contributed by atoms with Gasteiger partial charge in [0.2, 0.25) is 0 Å². The number of rotatable bonds is 7. The molecule has 136 valence electrons. The maximum atomic E-state index is 5.34. The molecule has 0 fully saturated rings. The van der Waals surface area contributed by atoms with Gasteiger partial charge < -0.3 is 25.0 Å². The number of thiophene rings is 1. The summed E-state index contributed by atoms with van der Waals surface area (Å²) in [4.78, 5) is 7.82. The number of hydrogen-bond donors (Lipinski definition) is 2. The van der Waals surface area contributed by atoms with E-state index in [9.17, 15) is 0 Å². The van der Waals surface area contributed by atoms with Crippen LogP contribution < -0.4 is 20.1 Å². The summed E-state index contributed by atoms with van der Waals surface area (Å²) in [5.41, 5.74) is 0.878. The molecule has 0 radical (unpaired) electrons. The van der Waals surface area contributed by atoms with Crippen LogP contribution in [0.3, 0.4) is 0 Å². The quantitative estimate of drug-likeness (QED) is 0.586. The first kappa shape index (κ1) is 19.1. The van der Waals surface area contributed by atoms with Gasteiger partial charge in [-0.25, -0.2) is 0 Å². The second kappa shape index (κ2) is 9.29. The predicted octanol–water partition coefficient (Wildman–Crippen LogP) is 3.06. The van der Waals surface area contributed by atoms with Crippen LogP contribution in [0.15, 0.2) is 40.7 Å². The lowest BCUT2D eigenvalue weighted by atomic mass is 10.2. The highest BCUT2D eigenvalue weighted by atomic mass is 32.1. The maximum absolute atomic E-state index is 5.34. The third kappa shape index (κ3) is 5.11. The Morgan fingerprint density at radius 1 is 1.20 bits per heavy atom. The fourth-order valence-electron chi connectivity index (χ4n) is 2.44. The summed E-state index contributed by atoms with van der Waals surface area (Å²) in [7, 11) is 9.16. The monoisotopic (exact) mass is 362 g/mol. The van der Waals surface area contributed by atoms with E-state index >= 15 is 0 Å². The zero-order chi connectivity index (χ0) is 18.2. The fourth-order valence-corrected chi connectivity index (χ4v) is 3.36. The SMILES string of the molecule is CN=C(NCC(c1cccs1)N(C)C)Nc1ccc(OC)c(OC)c1. The van der Waals surface area contributed by atoms with Gasteiger partial charge in [0.15, 0.2) is 17.5 Å². The Labute approximate surface area is 153 Å². The van der Waals surface area contributed by atoms with Crippen molar-refractivity contribution in [3.05, 3.63) is 40.6 Å². The van der Waals surface area contributed by atoms with Gasteiger partial charge in [-0.2, -0.15) is 0 Å². The molecule has 0 aliphatic rings. The van der Waals surface area contributed by atoms with Gasteiger partial charge in [0.1, 0.15) is 0 Å². The van der Waals surface area contributed by atoms with Crippen LogP contribution in [0.1, 0.15) is 10.9 Å². The van der Waals surface area contributed by atoms with Crippen molar-refractivity contribution in [2.24, 2.45) is 4.99 Å². The summed E-state index contributed by atoms with van der Waals surface area (Å²) in [6.07, 6.45) is 0. The van der Waals surface area contributed by atoms with E-state index in [2.05, 4.69) is 52.1 Å². The average molecular weight is 362 g/mol. The van der Waals surface area contributed by atoms with Crippen LogP contribution in [0.5, 0.6) is 11.5 Å². The number of likely N-dealkylation sites (N-methyl/N-ethyl adjacent to an activating group) is 1. The van der Waals surface area contributed by atoms with Gasteiger partial charge >= 0.3 is 0 Å². The molecule has 1 unspecified atom stereocenters. The van der Waals surface area contributed by atoms with Crippen molar-refractivity contribution in [3.63, 3.8) is 0 Å². The number of hydrogen-bond acceptors (Lipinski definition) is 5. The van der Waals surface area contributed by atoms with Crippen molar-refractivity contribution in [1.82, 2.24) is 10.2 Å². The third-order valence-electron chi connectivity index (χ3n) is 3.83. The molecule has 1 aromatic heterocycles. The van der Waals surface area contributed by atoms with Gasteiger partial charge in [-0.15, -0.1) is 11.3 Å². The van der Waals surface area contributed by atoms with Crippen molar-refractivity contribution in [2.45, 2.75) is 6.04 Å². The third-order valence-corrected chi connectivity index (χ3v) is 4.80. The second-order valence-electron chi connectivity index (χ2n) is 5.64. The molecule has 0 bridgehead atoms. The predicted molar refractivity (Wildman–Crippen MR) is 105 cm³/mol. The molecule has 0 aliphatic heterocycles. The highest BCUT2D eigenvalue weighted by Gasteiger charge is 2.15. The fraction of sp³-hybridized carbons (Fsp3) is 0.389. The van der Waals surface area contributed by atoms with E-state index in [0.717, 1.165) is 12.2 Å². The van der Waals surface area contributed by atoms with Gasteiger partial charge in [0, 0.05) is 30.2 Å². The molecule has 0 saturated heterocycles. The van der Waals surface area contributed by atoms with E-state index in [1.807, 2.05) is 18.2 Å². The Morgan fingerprint density at radius 3 is 2.52 bits per heavy atom. The van der Waals surface area contributed by atoms with Gasteiger partial charge in [-0.3, -0.25) is 4.99 Å². The molecule has 1 heterocycles. The molecule has 25 heavy (non-hydrogen) atoms. The largest absolute Gasteiger partial charge is 0.493 e. The number of nitrogens with one attached hydrogen (secondary N) is 2. The van der Waals surface area contributed by atoms with E-state index < -0.39 is 0 Å². The van der Waals surface area contributed by atoms with E-state index in [1.54, 1.807) is 32.6 Å². The molecule has 0 aliphatic carbocycles. The average Bonchev–Trinajstić information content (AvgIpc) is 3.14. The number of methoxy groups -OCH3 is 2. The first-order valence-corrected chi connectivity index (χ1v) is 8.86. The molecule has 2 aromatic rings. The number of aliphatic imine (C=N–C) groups is 1. The molecule has 2 rings (SSSR count). The van der Waals surface area contributed by atoms with Crippen molar-refractivity contribution in [3.8, 4) is 11.5 Å². The molecule has 1 atom stereocenters. The van der Waals surface area contributed by atoms with Crippen LogP contribution >= 0.6 is 11.3 Å². The summed E-state index contributed by atoms with van der Waals surface area (Å²) >= 11 is 1.76. The van der Waals surface area contributed by atoms with E-state index in [1.165, 1.54) is 4.88 Å². The lowest BCUT2D eigenvalue weighted by Crippen LogP contribution is -2.37. The van der Waals surface area contributed by atoms with Crippen LogP contribution in [0.2, 0.25) is 0 Å². The smallest absolute Gasteiger partial charge is 0.195 e. The van der Waals surface area contributed by atoms with Crippen LogP contribution in [0, 0.1) is 0 Å². The Balaban J connectivity index is 2.03. The second-order valence-corrected chi connectivity index (χ2v) is 6.62. The Bertz CT molecular complexity index is 686. The molecule has 0 spiro atoms. The zero-order valence-corrected chi connectivity index (χ0v) is 16.2. The first-order valence-electron chi connectivity index (χ1n) is 7.98. The maximum Gasteiger partial charge on any atom is 0.195 e. The van der Waals surface area contributed by atoms with E-state index in [0.29, 0.717) is 17.5 Å². The minimum Gasteiger partial charge on any atom is -0.493 e. The van der Waals surface area contributed by atoms with Crippen LogP contribution in [-0.2, 0) is 0 Å². The van der Waals surface area contributed by atoms with E-state index in [4.69, 9.17) is 9.47 Å². The number of nitrogens with zero attached hydrogens (tertiary/aromatic N) is 2. The molecule has 6 nitrogen and oxygen atoms in total. The Morgan fingerprint density at radius 2 is 1.96 bits per heavy atom. The molecular formula is C18H26N4O2S. The van der Waals surface area contributed by atoms with Gasteiger partial charge in [-0.05, 0) is 37.7 Å². The minimum atomic E-state index is 0.281. The summed E-state index contributed by atoms with van der Waals surface area (Å²) in [5.74, 6) is 2.07. The number of anilines is 1. The normalized spacial score (nSPS) is 12.8. The van der Waals surface area contributed by atoms with Crippen molar-refractivity contribution in [2.75, 3.05) is 47.2 Å². The standard InChI is InChI=1S/C18H26N4O2S/c1-19-18(20-12-14(22(2)3)17-7-6-10-25-17)21-13-8-9-15(23-4)16(11-13)24-5/h6-11,14H,12H2,1-5H3,(H2,19,20,21). The lowest BCUT2D eigenvalue weighted by Gasteiger charge is -2.24. The summed E-state index contributed by atoms with van der Waals surface area (Å²) < 4.78 is 10.6. The molecule has 7 heteroatoms. The highest BCUT2D eigenvalue weighted by Crippen LogP contribution is 2.29. The van der Waals surface area contributed by atoms with Crippen LogP contribution in [0.4, 0.5) is 5.69 Å². The summed E-state index contributed by atoms with van der Waals surface area (Å²) in [5, 5.41) is 8.77. The minimum absolute atomic E-state index is 0.281. The van der Waals surface area contributed by atoms with Gasteiger partial charge in [0.25, 0.3) is 0 Å². The highest BCUT2D eigenvalue weighted by molar-refractivity contribution is 7.10. The molecule has 2 N–H and O–H groups in total. The summed E-state index contributed by atoms with van der Waals surface area (Å²) in [6, 6.07) is 10.2. The van der Waals surface area contributed by atoms with E-state index in [-0.39, 0.29) is 6.04 Å².